The van der Waals surface area contributed by atoms with Gasteiger partial charge in [0.25, 0.3) is 0 Å². The molecule has 0 radical (unpaired) electrons. The van der Waals surface area contributed by atoms with E-state index in [1.165, 1.54) is 295 Å². The topological polar surface area (TPSA) is 0 Å². The molecule has 148 heavy (non-hydrogen) atoms. The lowest BCUT2D eigenvalue weighted by molar-refractivity contribution is 1.60. The molecule has 0 heteroatoms. The van der Waals surface area contributed by atoms with Crippen molar-refractivity contribution in [1.29, 1.82) is 0 Å². The van der Waals surface area contributed by atoms with Crippen LogP contribution in [0.4, 0.5) is 0 Å². The van der Waals surface area contributed by atoms with Gasteiger partial charge in [0.1, 0.15) is 0 Å². The third-order valence-electron chi connectivity index (χ3n) is 31.1. The molecule has 0 aliphatic rings. The summed E-state index contributed by atoms with van der Waals surface area (Å²) in [5.74, 6) is 0. The van der Waals surface area contributed by atoms with Crippen molar-refractivity contribution < 1.29 is 0 Å². The van der Waals surface area contributed by atoms with Gasteiger partial charge in [0.2, 0.25) is 0 Å². The van der Waals surface area contributed by atoms with Crippen molar-refractivity contribution in [3.63, 3.8) is 0 Å². The van der Waals surface area contributed by atoms with Gasteiger partial charge in [-0.05, 0) is 313 Å². The van der Waals surface area contributed by atoms with Crippen molar-refractivity contribution in [3.05, 3.63) is 570 Å². The molecule has 30 rings (SSSR count). The Morgan fingerprint density at radius 1 is 0.0743 bits per heavy atom. The van der Waals surface area contributed by atoms with Gasteiger partial charge < -0.3 is 0 Å². The number of benzene rings is 30. The van der Waals surface area contributed by atoms with Gasteiger partial charge in [-0.3, -0.25) is 0 Å². The summed E-state index contributed by atoms with van der Waals surface area (Å²) < 4.78 is 0. The Bertz CT molecular complexity index is 10300. The van der Waals surface area contributed by atoms with E-state index in [0.29, 0.717) is 0 Å². The normalized spacial score (nSPS) is 11.6. The first-order valence-corrected chi connectivity index (χ1v) is 51.4. The van der Waals surface area contributed by atoms with E-state index in [1.54, 1.807) is 0 Å². The second-order valence-corrected chi connectivity index (χ2v) is 39.1. The number of hydrogen-bond donors (Lipinski definition) is 0. The zero-order valence-electron chi connectivity index (χ0n) is 81.3. The first kappa shape index (κ1) is 86.6. The number of rotatable bonds is 12. The lowest BCUT2D eigenvalue weighted by atomic mass is 9.82. The average Bonchev–Trinajstić information content (AvgIpc) is 0.746. The molecular formula is C148H94. The zero-order valence-corrected chi connectivity index (χ0v) is 81.3. The van der Waals surface area contributed by atoms with Crippen LogP contribution in [0.5, 0.6) is 0 Å². The molecule has 30 aromatic carbocycles. The van der Waals surface area contributed by atoms with Gasteiger partial charge in [-0.2, -0.15) is 0 Å². The fourth-order valence-electron chi connectivity index (χ4n) is 24.7. The minimum absolute atomic E-state index is 1.22. The minimum Gasteiger partial charge on any atom is -0.0622 e. The molecule has 0 spiro atoms. The third-order valence-corrected chi connectivity index (χ3v) is 31.1. The summed E-state index contributed by atoms with van der Waals surface area (Å²) in [7, 11) is 0. The predicted molar refractivity (Wildman–Crippen MR) is 638 cm³/mol. The van der Waals surface area contributed by atoms with E-state index < -0.39 is 0 Å². The van der Waals surface area contributed by atoms with Gasteiger partial charge in [-0.1, -0.05) is 552 Å². The van der Waals surface area contributed by atoms with E-state index in [4.69, 9.17) is 0 Å². The monoisotopic (exact) mass is 1870 g/mol. The fourth-order valence-corrected chi connectivity index (χ4v) is 24.7. The summed E-state index contributed by atoms with van der Waals surface area (Å²) in [5.41, 5.74) is 30.0. The van der Waals surface area contributed by atoms with Crippen molar-refractivity contribution in [1.82, 2.24) is 0 Å². The Balaban J connectivity index is 0.000000107. The molecule has 0 amide bonds. The maximum Gasteiger partial charge on any atom is -0.00201 e. The summed E-state index contributed by atoms with van der Waals surface area (Å²) in [4.78, 5) is 0. The van der Waals surface area contributed by atoms with E-state index >= 15 is 0 Å². The summed E-state index contributed by atoms with van der Waals surface area (Å²) in [6.45, 7) is 0. The maximum atomic E-state index is 2.41. The first-order chi connectivity index (χ1) is 73.5. The van der Waals surface area contributed by atoms with Gasteiger partial charge >= 0.3 is 0 Å². The number of fused-ring (bicyclic) bond motifs is 18. The first-order valence-electron chi connectivity index (χ1n) is 51.4. The van der Waals surface area contributed by atoms with Crippen LogP contribution < -0.4 is 0 Å². The van der Waals surface area contributed by atoms with Crippen LogP contribution in [0, 0.1) is 0 Å². The number of hydrogen-bond acceptors (Lipinski definition) is 0. The molecule has 0 fully saturated rings. The van der Waals surface area contributed by atoms with Crippen LogP contribution in [0.1, 0.15) is 0 Å². The van der Waals surface area contributed by atoms with E-state index in [-0.39, 0.29) is 0 Å². The molecule has 0 N–H and O–H groups in total. The van der Waals surface area contributed by atoms with Crippen LogP contribution >= 0.6 is 0 Å². The second-order valence-electron chi connectivity index (χ2n) is 39.1. The van der Waals surface area contributed by atoms with Crippen molar-refractivity contribution in [2.45, 2.75) is 0 Å². The van der Waals surface area contributed by atoms with Crippen molar-refractivity contribution in [3.8, 4) is 134 Å². The van der Waals surface area contributed by atoms with Crippen LogP contribution in [-0.2, 0) is 0 Å². The van der Waals surface area contributed by atoms with Gasteiger partial charge in [0.15, 0.2) is 0 Å². The molecule has 0 aliphatic carbocycles. The van der Waals surface area contributed by atoms with Crippen LogP contribution in [0.25, 0.3) is 295 Å². The minimum atomic E-state index is 1.22. The molecule has 0 saturated heterocycles. The molecule has 686 valence electrons. The van der Waals surface area contributed by atoms with Gasteiger partial charge in [-0.25, -0.2) is 0 Å². The molecule has 0 atom stereocenters. The Hall–Kier alpha value is -19.2. The SMILES string of the molecule is c1ccc(-c2ccccc2-c2c3ccccc3c(-c3ccc(-c4ccc5ccc6cccc7ccc4c5c67)cc3)c3ccccc23)cc1.c1ccc(-c2ccccc2-c2c3ccccc3c(-c3cccc(-c4ccc5c6ccccc6c6ccccc6c5c4)c3)c3ccccc23)cc1.c1ccc(-c2ccccc2-c2c3ccccc3c(-c3ccccc3-c3ccc4c5ccccc5c5ccccc5c4c3)c3ccccc23)cc1. The average molecular weight is 1870 g/mol. The Kier molecular flexibility index (Phi) is 21.4. The molecule has 0 nitrogen and oxygen atoms in total. The van der Waals surface area contributed by atoms with Gasteiger partial charge in [0, 0.05) is 0 Å². The van der Waals surface area contributed by atoms with Gasteiger partial charge in [-0.15, -0.1) is 0 Å². The zero-order chi connectivity index (χ0) is 97.6. The highest BCUT2D eigenvalue weighted by atomic mass is 14.3. The molecule has 0 saturated carbocycles. The standard InChI is InChI=1S/2C50H32.C48H30/c1-2-16-33(17-3-1)35-18-4-10-24-42(35)49-44-26-12-14-28-46(44)50(47-29-15-13-27-45(47)49)43-25-11-5-19-36(43)34-30-31-41-39-22-7-6-20-37(39)38-21-8-9-23-40(38)48(41)32-34;1-2-15-33(16-3-1)37-19-4-9-24-43(37)50-46-27-12-10-25-44(46)49(45-26-11-13-28-47(45)50)36-18-14-17-34(31-36)35-29-30-42-40-22-6-5-20-38(40)39-21-7-8-23-41(39)48(42)32-35;1-2-11-31(12-3-1)37-15-4-5-16-39(37)48-42-19-8-6-17-40(42)46(41-18-7-9-20-43(41)48)35-23-21-32(22-24-35)38-29-27-36-26-25-33-13-10-14-34-28-30-44(38)47(36)45(33)34/h2*1-32H;1-30H. The van der Waals surface area contributed by atoms with E-state index in [2.05, 4.69) is 570 Å². The molecule has 0 heterocycles. The van der Waals surface area contributed by atoms with Crippen molar-refractivity contribution >= 4 is 162 Å². The second kappa shape index (κ2) is 36.6. The van der Waals surface area contributed by atoms with Gasteiger partial charge in [0.05, 0.1) is 0 Å². The maximum absolute atomic E-state index is 2.41. The van der Waals surface area contributed by atoms with Crippen LogP contribution in [0.2, 0.25) is 0 Å². The third kappa shape index (κ3) is 14.7. The Labute approximate surface area is 858 Å². The predicted octanol–water partition coefficient (Wildman–Crippen LogP) is 41.8. The molecule has 0 aliphatic heterocycles. The Morgan fingerprint density at radius 3 is 0.628 bits per heavy atom. The fraction of sp³-hybridized carbons (Fsp3) is 0. The van der Waals surface area contributed by atoms with Crippen molar-refractivity contribution in [2.24, 2.45) is 0 Å². The highest BCUT2D eigenvalue weighted by molar-refractivity contribution is 6.32. The van der Waals surface area contributed by atoms with E-state index in [1.807, 2.05) is 0 Å². The molecule has 0 aromatic heterocycles. The lowest BCUT2D eigenvalue weighted by Gasteiger charge is -2.21. The summed E-state index contributed by atoms with van der Waals surface area (Å²) in [6.07, 6.45) is 0. The quantitative estimate of drug-likeness (QED) is 0.0845. The summed E-state index contributed by atoms with van der Waals surface area (Å²) in [6, 6.07) is 209. The van der Waals surface area contributed by atoms with Crippen LogP contribution in [0.3, 0.4) is 0 Å². The largest absolute Gasteiger partial charge is 0.0622 e. The smallest absolute Gasteiger partial charge is 0.00201 e. The van der Waals surface area contributed by atoms with Crippen LogP contribution in [0.15, 0.2) is 570 Å². The summed E-state index contributed by atoms with van der Waals surface area (Å²) in [5, 5.41) is 38.6. The van der Waals surface area contributed by atoms with E-state index in [0.717, 1.165) is 0 Å². The molecular weight excluding hydrogens is 1780 g/mol. The van der Waals surface area contributed by atoms with Crippen molar-refractivity contribution in [2.75, 3.05) is 0 Å². The Morgan fingerprint density at radius 2 is 0.277 bits per heavy atom. The highest BCUT2D eigenvalue weighted by Crippen LogP contribution is 2.54. The van der Waals surface area contributed by atoms with E-state index in [9.17, 15) is 0 Å². The van der Waals surface area contributed by atoms with Crippen LogP contribution in [-0.4, -0.2) is 0 Å². The molecule has 30 aromatic rings. The lowest BCUT2D eigenvalue weighted by Crippen LogP contribution is -1.94. The highest BCUT2D eigenvalue weighted by Gasteiger charge is 2.27. The molecule has 0 unspecified atom stereocenters. The molecule has 0 bridgehead atoms. The summed E-state index contributed by atoms with van der Waals surface area (Å²) >= 11 is 0.